The van der Waals surface area contributed by atoms with Gasteiger partial charge in [0, 0.05) is 0 Å². The zero-order valence-electron chi connectivity index (χ0n) is 9.67. The molecule has 88 valence electrons. The van der Waals surface area contributed by atoms with Crippen molar-refractivity contribution in [1.29, 1.82) is 0 Å². The van der Waals surface area contributed by atoms with Crippen LogP contribution >= 0.6 is 0 Å². The van der Waals surface area contributed by atoms with E-state index < -0.39 is 11.2 Å². The second-order valence-corrected chi connectivity index (χ2v) is 5.54. The molecule has 0 aromatic rings. The van der Waals surface area contributed by atoms with Crippen molar-refractivity contribution < 1.29 is 10.2 Å². The molecule has 2 rings (SSSR count). The SMILES string of the molecule is OC1(C2(O)CCCC2)CCCCCCC1. The Morgan fingerprint density at radius 3 is 1.13 bits per heavy atom. The third-order valence-electron chi connectivity index (χ3n) is 4.48. The van der Waals surface area contributed by atoms with Crippen molar-refractivity contribution in [1.82, 2.24) is 0 Å². The lowest BCUT2D eigenvalue weighted by Gasteiger charge is -2.42. The summed E-state index contributed by atoms with van der Waals surface area (Å²) in [6.45, 7) is 0. The Hall–Kier alpha value is -0.0800. The maximum Gasteiger partial charge on any atom is 0.0933 e. The van der Waals surface area contributed by atoms with Crippen LogP contribution in [0.3, 0.4) is 0 Å². The van der Waals surface area contributed by atoms with Gasteiger partial charge in [0.15, 0.2) is 0 Å². The van der Waals surface area contributed by atoms with Crippen molar-refractivity contribution in [2.45, 2.75) is 81.8 Å². The first-order chi connectivity index (χ1) is 7.16. The summed E-state index contributed by atoms with van der Waals surface area (Å²) >= 11 is 0. The fourth-order valence-electron chi connectivity index (χ4n) is 3.38. The summed E-state index contributed by atoms with van der Waals surface area (Å²) in [5.41, 5.74) is -1.53. The highest BCUT2D eigenvalue weighted by atomic mass is 16.4. The molecule has 2 nitrogen and oxygen atoms in total. The third-order valence-corrected chi connectivity index (χ3v) is 4.48. The first-order valence-corrected chi connectivity index (χ1v) is 6.61. The van der Waals surface area contributed by atoms with Crippen molar-refractivity contribution in [3.8, 4) is 0 Å². The smallest absolute Gasteiger partial charge is 0.0933 e. The van der Waals surface area contributed by atoms with E-state index in [1.165, 1.54) is 19.3 Å². The molecule has 2 aliphatic rings. The van der Waals surface area contributed by atoms with Gasteiger partial charge in [-0.3, -0.25) is 0 Å². The first-order valence-electron chi connectivity index (χ1n) is 6.61. The van der Waals surface area contributed by atoms with Gasteiger partial charge in [-0.25, -0.2) is 0 Å². The molecular weight excluding hydrogens is 188 g/mol. The topological polar surface area (TPSA) is 40.5 Å². The molecule has 0 bridgehead atoms. The number of aliphatic hydroxyl groups is 2. The number of hydrogen-bond acceptors (Lipinski definition) is 2. The normalized spacial score (nSPS) is 30.8. The van der Waals surface area contributed by atoms with Gasteiger partial charge in [-0.1, -0.05) is 44.9 Å². The fourth-order valence-corrected chi connectivity index (χ4v) is 3.38. The second-order valence-electron chi connectivity index (χ2n) is 5.54. The lowest BCUT2D eigenvalue weighted by atomic mass is 9.73. The van der Waals surface area contributed by atoms with Gasteiger partial charge in [0.25, 0.3) is 0 Å². The summed E-state index contributed by atoms with van der Waals surface area (Å²) in [6, 6.07) is 0. The average molecular weight is 212 g/mol. The predicted octanol–water partition coefficient (Wildman–Crippen LogP) is 2.77. The lowest BCUT2D eigenvalue weighted by Crippen LogP contribution is -2.52. The van der Waals surface area contributed by atoms with Gasteiger partial charge in [0.2, 0.25) is 0 Å². The standard InChI is InChI=1S/C13H24O2/c14-12(13(15)10-6-7-11-13)8-4-2-1-3-5-9-12/h14-15H,1-11H2. The zero-order chi connectivity index (χ0) is 10.8. The minimum absolute atomic E-state index is 0.760. The van der Waals surface area contributed by atoms with E-state index in [-0.39, 0.29) is 0 Å². The van der Waals surface area contributed by atoms with E-state index in [1.807, 2.05) is 0 Å². The molecule has 2 heteroatoms. The molecule has 0 aliphatic heterocycles. The van der Waals surface area contributed by atoms with Gasteiger partial charge in [0.1, 0.15) is 0 Å². The lowest BCUT2D eigenvalue weighted by molar-refractivity contribution is -0.159. The number of hydrogen-bond donors (Lipinski definition) is 2. The minimum atomic E-state index is -0.774. The molecule has 2 aliphatic carbocycles. The molecule has 0 radical (unpaired) electrons. The molecule has 0 unspecified atom stereocenters. The summed E-state index contributed by atoms with van der Waals surface area (Å²) in [6.07, 6.45) is 11.3. The maximum atomic E-state index is 10.7. The van der Waals surface area contributed by atoms with Crippen molar-refractivity contribution in [3.63, 3.8) is 0 Å². The number of rotatable bonds is 1. The molecule has 0 heterocycles. The average Bonchev–Trinajstić information content (AvgIpc) is 2.61. The molecule has 0 spiro atoms. The van der Waals surface area contributed by atoms with E-state index in [0.717, 1.165) is 51.4 Å². The molecule has 0 atom stereocenters. The maximum absolute atomic E-state index is 10.7. The minimum Gasteiger partial charge on any atom is -0.387 e. The van der Waals surface area contributed by atoms with Gasteiger partial charge in [-0.15, -0.1) is 0 Å². The largest absolute Gasteiger partial charge is 0.387 e. The van der Waals surface area contributed by atoms with Gasteiger partial charge in [-0.05, 0) is 25.7 Å². The Labute approximate surface area is 92.7 Å². The van der Waals surface area contributed by atoms with Crippen LogP contribution in [0, 0.1) is 0 Å². The van der Waals surface area contributed by atoms with Crippen LogP contribution in [0.4, 0.5) is 0 Å². The van der Waals surface area contributed by atoms with Gasteiger partial charge < -0.3 is 10.2 Å². The van der Waals surface area contributed by atoms with E-state index >= 15 is 0 Å². The summed E-state index contributed by atoms with van der Waals surface area (Å²) in [5, 5.41) is 21.2. The molecule has 2 N–H and O–H groups in total. The highest BCUT2D eigenvalue weighted by Gasteiger charge is 2.49. The predicted molar refractivity (Wildman–Crippen MR) is 60.7 cm³/mol. The van der Waals surface area contributed by atoms with Gasteiger partial charge >= 0.3 is 0 Å². The Morgan fingerprint density at radius 2 is 0.733 bits per heavy atom. The van der Waals surface area contributed by atoms with Crippen LogP contribution in [0.2, 0.25) is 0 Å². The summed E-state index contributed by atoms with van der Waals surface area (Å²) in [7, 11) is 0. The quantitative estimate of drug-likeness (QED) is 0.701. The van der Waals surface area contributed by atoms with Crippen LogP contribution in [0.25, 0.3) is 0 Å². The van der Waals surface area contributed by atoms with Crippen molar-refractivity contribution >= 4 is 0 Å². The van der Waals surface area contributed by atoms with E-state index in [1.54, 1.807) is 0 Å². The third kappa shape index (κ3) is 2.21. The van der Waals surface area contributed by atoms with Crippen LogP contribution < -0.4 is 0 Å². The molecule has 0 amide bonds. The van der Waals surface area contributed by atoms with E-state index in [0.29, 0.717) is 0 Å². The van der Waals surface area contributed by atoms with Crippen LogP contribution in [0.1, 0.15) is 70.6 Å². The Morgan fingerprint density at radius 1 is 0.467 bits per heavy atom. The highest BCUT2D eigenvalue weighted by Crippen LogP contribution is 2.44. The van der Waals surface area contributed by atoms with Gasteiger partial charge in [0.05, 0.1) is 11.2 Å². The molecule has 2 fully saturated rings. The monoisotopic (exact) mass is 212 g/mol. The van der Waals surface area contributed by atoms with Crippen LogP contribution in [-0.4, -0.2) is 21.4 Å². The van der Waals surface area contributed by atoms with E-state index in [4.69, 9.17) is 0 Å². The zero-order valence-corrected chi connectivity index (χ0v) is 9.67. The van der Waals surface area contributed by atoms with E-state index in [2.05, 4.69) is 0 Å². The molecule has 15 heavy (non-hydrogen) atoms. The molecule has 0 saturated heterocycles. The molecule has 2 saturated carbocycles. The molecule has 0 aromatic heterocycles. The highest BCUT2D eigenvalue weighted by molar-refractivity contribution is 5.02. The van der Waals surface area contributed by atoms with Crippen LogP contribution in [0.15, 0.2) is 0 Å². The van der Waals surface area contributed by atoms with Gasteiger partial charge in [-0.2, -0.15) is 0 Å². The van der Waals surface area contributed by atoms with Crippen LogP contribution in [0.5, 0.6) is 0 Å². The summed E-state index contributed by atoms with van der Waals surface area (Å²) in [4.78, 5) is 0. The Bertz CT molecular complexity index is 199. The summed E-state index contributed by atoms with van der Waals surface area (Å²) in [5.74, 6) is 0. The van der Waals surface area contributed by atoms with E-state index in [9.17, 15) is 10.2 Å². The second kappa shape index (κ2) is 4.42. The van der Waals surface area contributed by atoms with Crippen molar-refractivity contribution in [3.05, 3.63) is 0 Å². The first kappa shape index (κ1) is 11.4. The fraction of sp³-hybridized carbons (Fsp3) is 1.00. The summed E-state index contributed by atoms with van der Waals surface area (Å²) < 4.78 is 0. The molecule has 0 aromatic carbocycles. The van der Waals surface area contributed by atoms with Crippen LogP contribution in [-0.2, 0) is 0 Å². The molecular formula is C13H24O2. The Balaban J connectivity index is 2.07. The van der Waals surface area contributed by atoms with Crippen molar-refractivity contribution in [2.75, 3.05) is 0 Å². The Kier molecular flexibility index (Phi) is 3.36. The van der Waals surface area contributed by atoms with Crippen molar-refractivity contribution in [2.24, 2.45) is 0 Å².